The van der Waals surface area contributed by atoms with Crippen LogP contribution in [0, 0.1) is 5.92 Å². The van der Waals surface area contributed by atoms with Crippen LogP contribution in [0.2, 0.25) is 5.02 Å². The molecule has 29 nitrogen and oxygen atoms in total. The fourth-order valence-electron chi connectivity index (χ4n) is 12.2. The molecule has 2 fully saturated rings. The van der Waals surface area contributed by atoms with Crippen LogP contribution in [0.3, 0.4) is 0 Å². The van der Waals surface area contributed by atoms with Crippen LogP contribution < -0.4 is 65.5 Å². The molecule has 10 atom stereocenters. The average Bonchev–Trinajstić information content (AvgIpc) is 1.82. The number of aliphatic imine (C=N–C) groups is 1. The van der Waals surface area contributed by atoms with Crippen LogP contribution in [0.15, 0.2) is 126 Å². The molecule has 2 aliphatic rings. The lowest BCUT2D eigenvalue weighted by molar-refractivity contribution is -0.142. The fraction of sp³-hybridized carbons (Fsp3) is 0.452. The number of hydrogen-bond acceptors (Lipinski definition) is 16. The van der Waals surface area contributed by atoms with Crippen molar-refractivity contribution in [3.63, 3.8) is 0 Å². The number of aliphatic carboxylic acids is 1. The van der Waals surface area contributed by atoms with Crippen molar-refractivity contribution in [1.82, 2.24) is 52.3 Å². The number of primary amides is 1. The molecule has 0 radical (unpaired) electrons. The van der Waals surface area contributed by atoms with E-state index in [0.717, 1.165) is 21.9 Å². The molecule has 2 saturated heterocycles. The van der Waals surface area contributed by atoms with E-state index in [1.807, 2.05) is 54.6 Å². The smallest absolute Gasteiger partial charge is 0.303 e. The van der Waals surface area contributed by atoms with Gasteiger partial charge in [-0.05, 0) is 109 Å². The Balaban J connectivity index is 1.12. The van der Waals surface area contributed by atoms with Gasteiger partial charge in [-0.3, -0.25) is 62.6 Å². The van der Waals surface area contributed by atoms with E-state index in [1.54, 1.807) is 80.6 Å². The average molecular weight is 1440 g/mol. The molecule has 0 unspecified atom stereocenters. The number of rotatable bonds is 38. The van der Waals surface area contributed by atoms with E-state index >= 15 is 4.79 Å². The number of fused-ring (bicyclic) bond motifs is 1. The lowest BCUT2D eigenvalue weighted by Gasteiger charge is -2.31. The lowest BCUT2D eigenvalue weighted by Crippen LogP contribution is -2.61. The number of guanidine groups is 1. The first kappa shape index (κ1) is 80.2. The number of halogens is 1. The van der Waals surface area contributed by atoms with Gasteiger partial charge in [-0.2, -0.15) is 0 Å². The number of nitrogens with zero attached hydrogens (tertiary/aromatic N) is 3. The quantitative estimate of drug-likeness (QED) is 0.0143. The van der Waals surface area contributed by atoms with E-state index in [9.17, 15) is 58.2 Å². The summed E-state index contributed by atoms with van der Waals surface area (Å²) in [6.07, 6.45) is -0.873. The fourth-order valence-corrected chi connectivity index (χ4v) is 12.3. The zero-order chi connectivity index (χ0) is 74.7. The van der Waals surface area contributed by atoms with Crippen molar-refractivity contribution in [1.29, 1.82) is 0 Å². The van der Waals surface area contributed by atoms with Gasteiger partial charge in [-0.15, -0.1) is 0 Å². The molecule has 554 valence electrons. The lowest BCUT2D eigenvalue weighted by atomic mass is 9.98. The molecule has 10 amide bonds. The number of amides is 10. The van der Waals surface area contributed by atoms with E-state index in [1.165, 1.54) is 11.8 Å². The van der Waals surface area contributed by atoms with Crippen molar-refractivity contribution in [2.45, 2.75) is 158 Å². The Hall–Kier alpha value is -10.1. The van der Waals surface area contributed by atoms with Crippen molar-refractivity contribution in [2.24, 2.45) is 33.8 Å². The summed E-state index contributed by atoms with van der Waals surface area (Å²) in [5, 5.41) is 44.2. The van der Waals surface area contributed by atoms with Crippen LogP contribution in [0.1, 0.15) is 93.5 Å². The number of nitrogens with one attached hydrogen (secondary N) is 8. The number of likely N-dealkylation sites (tertiary alicyclic amines) is 1. The number of ether oxygens (including phenoxy) is 1. The molecule has 2 heterocycles. The van der Waals surface area contributed by atoms with E-state index in [-0.39, 0.29) is 76.3 Å². The Morgan fingerprint density at radius 3 is 1.66 bits per heavy atom. The second-order valence-corrected chi connectivity index (χ2v) is 26.8. The molecule has 18 N–H and O–H groups in total. The summed E-state index contributed by atoms with van der Waals surface area (Å²) in [7, 11) is 0. The summed E-state index contributed by atoms with van der Waals surface area (Å²) >= 11 is 6.22. The summed E-state index contributed by atoms with van der Waals surface area (Å²) in [6.45, 7) is 7.22. The monoisotopic (exact) mass is 1440 g/mol. The minimum Gasteiger partial charge on any atom is -0.481 e. The normalized spacial score (nSPS) is 16.4. The Morgan fingerprint density at radius 2 is 1.07 bits per heavy atom. The Bertz CT molecular complexity index is 3760. The molecule has 103 heavy (non-hydrogen) atoms. The van der Waals surface area contributed by atoms with Crippen molar-refractivity contribution in [3.05, 3.63) is 154 Å². The van der Waals surface area contributed by atoms with Gasteiger partial charge >= 0.3 is 5.97 Å². The maximum absolute atomic E-state index is 15.0. The van der Waals surface area contributed by atoms with Gasteiger partial charge in [-0.25, -0.2) is 0 Å². The molecule has 0 bridgehead atoms. The van der Waals surface area contributed by atoms with Crippen LogP contribution >= 0.6 is 11.6 Å². The van der Waals surface area contributed by atoms with Crippen molar-refractivity contribution >= 4 is 93.4 Å². The van der Waals surface area contributed by atoms with Gasteiger partial charge in [0.1, 0.15) is 54.4 Å². The number of aliphatic hydroxyl groups excluding tert-OH is 1. The van der Waals surface area contributed by atoms with E-state index < -0.39 is 145 Å². The molecule has 0 spiro atoms. The van der Waals surface area contributed by atoms with Crippen LogP contribution in [-0.4, -0.2) is 197 Å². The second kappa shape index (κ2) is 40.0. The summed E-state index contributed by atoms with van der Waals surface area (Å²) in [5.41, 5.74) is 26.5. The maximum atomic E-state index is 15.0. The number of morpholine rings is 1. The highest BCUT2D eigenvalue weighted by molar-refractivity contribution is 6.30. The van der Waals surface area contributed by atoms with Crippen molar-refractivity contribution < 1.29 is 67.7 Å². The number of carbonyl (C=O) groups is 11. The molecular formula is C73H96ClN15O14. The predicted octanol–water partition coefficient (Wildman–Crippen LogP) is 0.255. The third-order valence-electron chi connectivity index (χ3n) is 17.8. The Morgan fingerprint density at radius 1 is 0.563 bits per heavy atom. The standard InChI is InChI=1S/C73H96ClN15O14/c1-43(2)36-56(66(96)82-55(18-10-30-79-73(77)78)72(102)89-31-11-19-61(89)71(101)80-44(3)63(76)93)84-68(98)59(38-46-20-22-48(23-21-46)41-88-32-34-103-35-33-88)85-65(95)54(28-29-62(91)92)81-70(100)60(42-90)87-69(99)58(37-45-12-5-4-6-13-45)86-67(97)57(39-47-24-26-51(74)27-25-47)83-64(94)53(75)40-50-16-9-15-49-14-7-8-17-52(49)50/h4-9,12-17,20-27,43-44,53-61,90H,10-11,18-19,28-42,75H2,1-3H3,(H2,76,93)(H,80,101)(H,81,100)(H,82,96)(H,83,94)(H,84,98)(H,85,95)(H,86,97)(H,87,99)(H,91,92)(H4,77,78,79)/t44-,53-,54+,55+,56+,57-,58-,59-,60+,61+/m1/s1. The minimum atomic E-state index is -1.86. The number of aliphatic hydroxyl groups is 1. The highest BCUT2D eigenvalue weighted by atomic mass is 35.5. The maximum Gasteiger partial charge on any atom is 0.303 e. The van der Waals surface area contributed by atoms with Crippen LogP contribution in [-0.2, 0) is 89.7 Å². The number of benzene rings is 5. The van der Waals surface area contributed by atoms with Gasteiger partial charge in [0.05, 0.1) is 25.9 Å². The van der Waals surface area contributed by atoms with E-state index in [0.29, 0.717) is 61.0 Å². The minimum absolute atomic E-state index is 0.00692. The molecule has 7 rings (SSSR count). The van der Waals surface area contributed by atoms with Gasteiger partial charge in [-0.1, -0.05) is 135 Å². The number of carboxylic acid groups (broad SMARTS) is 1. The predicted molar refractivity (Wildman–Crippen MR) is 386 cm³/mol. The molecule has 5 aromatic rings. The highest BCUT2D eigenvalue weighted by Crippen LogP contribution is 2.23. The van der Waals surface area contributed by atoms with Crippen LogP contribution in [0.5, 0.6) is 0 Å². The molecule has 2 aliphatic heterocycles. The zero-order valence-electron chi connectivity index (χ0n) is 58.2. The SMILES string of the molecule is CC(C)C[C@H](NC(=O)[C@@H](Cc1ccc(CN2CCOCC2)cc1)NC(=O)[C@H](CCC(=O)O)NC(=O)[C@H](CO)NC(=O)[C@@H](Cc1ccccc1)NC(=O)[C@@H](Cc1ccc(Cl)cc1)NC(=O)[C@H](N)Cc1cccc2ccccc12)C(=O)N[C@@H](CCCN=C(N)N)C(=O)N1CCC[C@H]1C(=O)N[C@H](C)C(N)=O. The van der Waals surface area contributed by atoms with Crippen molar-refractivity contribution in [3.8, 4) is 0 Å². The summed E-state index contributed by atoms with van der Waals surface area (Å²) in [6, 6.07) is 21.6. The summed E-state index contributed by atoms with van der Waals surface area (Å²) in [5.74, 6) is -10.4. The first-order valence-corrected chi connectivity index (χ1v) is 34.9. The first-order chi connectivity index (χ1) is 49.2. The zero-order valence-corrected chi connectivity index (χ0v) is 58.9. The first-order valence-electron chi connectivity index (χ1n) is 34.5. The summed E-state index contributed by atoms with van der Waals surface area (Å²) in [4.78, 5) is 162. The Labute approximate surface area is 603 Å². The molecular weight excluding hydrogens is 1350 g/mol. The van der Waals surface area contributed by atoms with Gasteiger partial charge < -0.3 is 85.3 Å². The largest absolute Gasteiger partial charge is 0.481 e. The Kier molecular flexibility index (Phi) is 31.1. The van der Waals surface area contributed by atoms with Crippen LogP contribution in [0.25, 0.3) is 10.8 Å². The highest BCUT2D eigenvalue weighted by Gasteiger charge is 2.40. The number of hydrogen-bond donors (Lipinski definition) is 14. The summed E-state index contributed by atoms with van der Waals surface area (Å²) < 4.78 is 5.51. The third-order valence-corrected chi connectivity index (χ3v) is 18.0. The van der Waals surface area contributed by atoms with Gasteiger partial charge in [0.2, 0.25) is 59.1 Å². The van der Waals surface area contributed by atoms with Crippen LogP contribution in [0.4, 0.5) is 0 Å². The van der Waals surface area contributed by atoms with E-state index in [2.05, 4.69) is 52.4 Å². The second-order valence-electron chi connectivity index (χ2n) is 26.3. The van der Waals surface area contributed by atoms with Crippen molar-refractivity contribution in [2.75, 3.05) is 46.0 Å². The number of carbonyl (C=O) groups excluding carboxylic acids is 10. The molecule has 5 aromatic carbocycles. The molecule has 0 saturated carbocycles. The molecule has 0 aromatic heterocycles. The molecule has 0 aliphatic carbocycles. The van der Waals surface area contributed by atoms with Gasteiger partial charge in [0, 0.05) is 63.4 Å². The topological polar surface area (TPSA) is 457 Å². The third kappa shape index (κ3) is 25.4. The number of carboxylic acids is 1. The van der Waals surface area contributed by atoms with E-state index in [4.69, 9.17) is 39.3 Å². The molecule has 30 heteroatoms. The van der Waals surface area contributed by atoms with Gasteiger partial charge in [0.15, 0.2) is 5.96 Å². The number of nitrogens with two attached hydrogens (primary N) is 4. The van der Waals surface area contributed by atoms with Gasteiger partial charge in [0.25, 0.3) is 0 Å².